The van der Waals surface area contributed by atoms with E-state index in [1.165, 1.54) is 34.6 Å². The Morgan fingerprint density at radius 3 is 2.62 bits per heavy atom. The van der Waals surface area contributed by atoms with E-state index in [1.807, 2.05) is 6.92 Å². The van der Waals surface area contributed by atoms with E-state index < -0.39 is 59.8 Å². The molecule has 0 aromatic heterocycles. The van der Waals surface area contributed by atoms with Crippen LogP contribution in [0.5, 0.6) is 0 Å². The summed E-state index contributed by atoms with van der Waals surface area (Å²) in [6, 6.07) is -1.03. The van der Waals surface area contributed by atoms with Gasteiger partial charge in [-0.05, 0) is 13.3 Å². The monoisotopic (exact) mass is 493 g/mol. The second-order valence-corrected chi connectivity index (χ2v) is 10.4. The molecule has 0 spiro atoms. The molecule has 4 rings (SSSR count). The molecule has 0 radical (unpaired) electrons. The van der Waals surface area contributed by atoms with Gasteiger partial charge < -0.3 is 24.7 Å². The predicted molar refractivity (Wildman–Crippen MR) is 119 cm³/mol. The Balaban J connectivity index is 1.58. The molecule has 0 aliphatic carbocycles. The number of carboxylic acids is 1. The maximum atomic E-state index is 12.7. The minimum Gasteiger partial charge on any atom is -0.477 e. The van der Waals surface area contributed by atoms with Crippen molar-refractivity contribution in [1.82, 2.24) is 15.1 Å². The SMILES string of the molecule is C=CCOC(=O)N1C[C@@H](SC2=C(C(=O)O)N3C(=O)[C@H]([C@@H](C)O)[C@H]3[C@H]2C)C[C@H]1C1CC(=O)NC1=O. The van der Waals surface area contributed by atoms with Gasteiger partial charge in [0.25, 0.3) is 0 Å². The number of amides is 4. The molecule has 0 aromatic carbocycles. The number of nitrogens with one attached hydrogen (secondary N) is 1. The fourth-order valence-corrected chi connectivity index (χ4v) is 7.00. The number of imide groups is 1. The van der Waals surface area contributed by atoms with Gasteiger partial charge >= 0.3 is 12.1 Å². The average molecular weight is 494 g/mol. The topological polar surface area (TPSA) is 154 Å². The zero-order valence-corrected chi connectivity index (χ0v) is 19.6. The highest BCUT2D eigenvalue weighted by molar-refractivity contribution is 8.03. The van der Waals surface area contributed by atoms with Gasteiger partial charge in [-0.15, -0.1) is 11.8 Å². The largest absolute Gasteiger partial charge is 0.477 e. The van der Waals surface area contributed by atoms with E-state index in [2.05, 4.69) is 11.9 Å². The minimum atomic E-state index is -1.23. The van der Waals surface area contributed by atoms with Crippen LogP contribution in [0.15, 0.2) is 23.3 Å². The predicted octanol–water partition coefficient (Wildman–Crippen LogP) is 0.302. The molecule has 7 atom stereocenters. The number of likely N-dealkylation sites (tertiary alicyclic amines) is 1. The lowest BCUT2D eigenvalue weighted by molar-refractivity contribution is -0.163. The summed E-state index contributed by atoms with van der Waals surface area (Å²) in [5.74, 6) is -4.20. The molecule has 0 saturated carbocycles. The minimum absolute atomic E-state index is 0.0134. The molecule has 3 N–H and O–H groups in total. The van der Waals surface area contributed by atoms with Crippen molar-refractivity contribution in [2.45, 2.75) is 50.1 Å². The lowest BCUT2D eigenvalue weighted by atomic mass is 9.79. The van der Waals surface area contributed by atoms with Crippen LogP contribution in [0.4, 0.5) is 4.79 Å². The first-order valence-corrected chi connectivity index (χ1v) is 12.0. The van der Waals surface area contributed by atoms with Crippen molar-refractivity contribution in [2.75, 3.05) is 13.2 Å². The normalized spacial score (nSPS) is 33.6. The van der Waals surface area contributed by atoms with Crippen LogP contribution < -0.4 is 5.32 Å². The third-order valence-corrected chi connectivity index (χ3v) is 8.43. The van der Waals surface area contributed by atoms with E-state index >= 15 is 0 Å². The van der Waals surface area contributed by atoms with E-state index in [4.69, 9.17) is 4.74 Å². The van der Waals surface area contributed by atoms with Gasteiger partial charge in [-0.2, -0.15) is 0 Å². The molecule has 3 fully saturated rings. The number of aliphatic hydroxyl groups excluding tert-OH is 1. The van der Waals surface area contributed by atoms with Crippen LogP contribution in [0.1, 0.15) is 26.7 Å². The molecule has 3 saturated heterocycles. The Bertz CT molecular complexity index is 995. The molecule has 4 amide bonds. The fourth-order valence-electron chi connectivity index (χ4n) is 5.46. The Morgan fingerprint density at radius 2 is 2.06 bits per heavy atom. The standard InChI is InChI=1S/C22H27N3O8S/c1-4-5-33-22(32)24-8-11(6-13(24)12-7-14(27)23-19(12)28)34-18-9(2)16-15(10(3)26)20(29)25(16)17(18)21(30)31/h4,9-13,15-16,26H,1,5-8H2,2-3H3,(H,30,31)(H,23,27,28)/t9-,10-,11+,12?,13+,15-,16-/m1/s1. The molecule has 4 aliphatic heterocycles. The second kappa shape index (κ2) is 9.06. The van der Waals surface area contributed by atoms with Gasteiger partial charge in [0.05, 0.1) is 24.0 Å². The summed E-state index contributed by atoms with van der Waals surface area (Å²) in [7, 11) is 0. The van der Waals surface area contributed by atoms with Crippen LogP contribution in [0.2, 0.25) is 0 Å². The molecule has 0 aromatic rings. The molecule has 11 nitrogen and oxygen atoms in total. The summed E-state index contributed by atoms with van der Waals surface area (Å²) in [5, 5.41) is 21.9. The maximum absolute atomic E-state index is 12.7. The summed E-state index contributed by atoms with van der Waals surface area (Å²) in [6.45, 7) is 7.03. The van der Waals surface area contributed by atoms with Crippen molar-refractivity contribution in [3.8, 4) is 0 Å². The van der Waals surface area contributed by atoms with Gasteiger partial charge in [-0.25, -0.2) is 9.59 Å². The van der Waals surface area contributed by atoms with Crippen LogP contribution in [0.25, 0.3) is 0 Å². The van der Waals surface area contributed by atoms with Crippen molar-refractivity contribution in [3.63, 3.8) is 0 Å². The number of aliphatic hydroxyl groups is 1. The number of carboxylic acid groups (broad SMARTS) is 1. The summed E-state index contributed by atoms with van der Waals surface area (Å²) >= 11 is 1.27. The van der Waals surface area contributed by atoms with E-state index in [1.54, 1.807) is 0 Å². The van der Waals surface area contributed by atoms with Gasteiger partial charge in [0, 0.05) is 35.1 Å². The van der Waals surface area contributed by atoms with E-state index in [-0.39, 0.29) is 36.4 Å². The zero-order chi connectivity index (χ0) is 24.9. The summed E-state index contributed by atoms with van der Waals surface area (Å²) < 4.78 is 5.18. The van der Waals surface area contributed by atoms with E-state index in [0.717, 1.165) is 0 Å². The Morgan fingerprint density at radius 1 is 1.35 bits per heavy atom. The molecule has 1 unspecified atom stereocenters. The third kappa shape index (κ3) is 3.88. The Labute approximate surface area is 200 Å². The summed E-state index contributed by atoms with van der Waals surface area (Å²) in [5.41, 5.74) is -0.0950. The number of carbonyl (C=O) groups excluding carboxylic acids is 4. The highest BCUT2D eigenvalue weighted by Gasteiger charge is 2.60. The number of ether oxygens (including phenoxy) is 1. The molecular formula is C22H27N3O8S. The number of hydrogen-bond acceptors (Lipinski definition) is 8. The molecule has 34 heavy (non-hydrogen) atoms. The Kier molecular flexibility index (Phi) is 6.47. The first-order chi connectivity index (χ1) is 16.1. The number of β-lactam (4-membered cyclic amide) rings is 1. The van der Waals surface area contributed by atoms with Crippen molar-refractivity contribution in [2.24, 2.45) is 17.8 Å². The van der Waals surface area contributed by atoms with Crippen molar-refractivity contribution < 1.29 is 38.9 Å². The van der Waals surface area contributed by atoms with Crippen molar-refractivity contribution >= 4 is 41.5 Å². The molecule has 4 heterocycles. The quantitative estimate of drug-likeness (QED) is 0.258. The highest BCUT2D eigenvalue weighted by Crippen LogP contribution is 2.52. The van der Waals surface area contributed by atoms with Gasteiger partial charge in [-0.3, -0.25) is 19.7 Å². The van der Waals surface area contributed by atoms with Gasteiger partial charge in [0.15, 0.2) is 0 Å². The summed E-state index contributed by atoms with van der Waals surface area (Å²) in [4.78, 5) is 64.6. The number of fused-ring (bicyclic) bond motifs is 1. The summed E-state index contributed by atoms with van der Waals surface area (Å²) in [6.07, 6.45) is 0.192. The zero-order valence-electron chi connectivity index (χ0n) is 18.8. The first-order valence-electron chi connectivity index (χ1n) is 11.1. The molecule has 0 bridgehead atoms. The van der Waals surface area contributed by atoms with Gasteiger partial charge in [0.1, 0.15) is 12.3 Å². The van der Waals surface area contributed by atoms with E-state index in [0.29, 0.717) is 11.3 Å². The highest BCUT2D eigenvalue weighted by atomic mass is 32.2. The maximum Gasteiger partial charge on any atom is 0.410 e. The van der Waals surface area contributed by atoms with Gasteiger partial charge in [0.2, 0.25) is 17.7 Å². The molecule has 184 valence electrons. The Hall–Kier alpha value is -2.86. The number of nitrogens with zero attached hydrogens (tertiary/aromatic N) is 2. The number of rotatable bonds is 7. The van der Waals surface area contributed by atoms with Crippen molar-refractivity contribution in [3.05, 3.63) is 23.3 Å². The third-order valence-electron chi connectivity index (χ3n) is 6.94. The number of hydrogen-bond donors (Lipinski definition) is 3. The van der Waals surface area contributed by atoms with Crippen molar-refractivity contribution in [1.29, 1.82) is 0 Å². The van der Waals surface area contributed by atoms with Gasteiger partial charge in [-0.1, -0.05) is 19.6 Å². The van der Waals surface area contributed by atoms with Crippen LogP contribution >= 0.6 is 11.8 Å². The lowest BCUT2D eigenvalue weighted by Crippen LogP contribution is -2.63. The van der Waals surface area contributed by atoms with Crippen LogP contribution in [-0.2, 0) is 23.9 Å². The second-order valence-electron chi connectivity index (χ2n) is 9.06. The number of thioether (sulfide) groups is 1. The average Bonchev–Trinajstić information content (AvgIpc) is 3.39. The first kappa shape index (κ1) is 24.3. The van der Waals surface area contributed by atoms with Crippen LogP contribution in [0.3, 0.4) is 0 Å². The number of aliphatic carboxylic acids is 1. The smallest absolute Gasteiger partial charge is 0.410 e. The fraction of sp³-hybridized carbons (Fsp3) is 0.591. The van der Waals surface area contributed by atoms with E-state index in [9.17, 15) is 34.2 Å². The van der Waals surface area contributed by atoms with Crippen LogP contribution in [0, 0.1) is 17.8 Å². The lowest BCUT2D eigenvalue weighted by Gasteiger charge is -2.46. The molecular weight excluding hydrogens is 466 g/mol. The molecule has 4 aliphatic rings. The number of carbonyl (C=O) groups is 5. The van der Waals surface area contributed by atoms with Crippen LogP contribution in [-0.4, -0.2) is 86.4 Å². The molecule has 12 heteroatoms.